The molecule has 7 heteroatoms. The third kappa shape index (κ3) is 4.49. The second kappa shape index (κ2) is 8.14. The number of aryl methyl sites for hydroxylation is 2. The number of nitrogens with one attached hydrogen (secondary N) is 1. The van der Waals surface area contributed by atoms with Crippen LogP contribution in [0.1, 0.15) is 33.3 Å². The van der Waals surface area contributed by atoms with E-state index in [-0.39, 0.29) is 12.5 Å². The Morgan fingerprint density at radius 1 is 1.19 bits per heavy atom. The van der Waals surface area contributed by atoms with Gasteiger partial charge in [-0.1, -0.05) is 17.3 Å². The molecule has 0 radical (unpaired) electrons. The average molecular weight is 368 g/mol. The summed E-state index contributed by atoms with van der Waals surface area (Å²) in [5.41, 5.74) is 4.42. The molecule has 134 valence electrons. The number of benzene rings is 1. The normalized spacial score (nSPS) is 10.7. The van der Waals surface area contributed by atoms with Crippen LogP contribution in [0.3, 0.4) is 0 Å². The van der Waals surface area contributed by atoms with E-state index < -0.39 is 0 Å². The van der Waals surface area contributed by atoms with Crippen LogP contribution in [0.15, 0.2) is 40.9 Å². The van der Waals surface area contributed by atoms with Crippen LogP contribution in [0.4, 0.5) is 0 Å². The molecule has 0 saturated carbocycles. The van der Waals surface area contributed by atoms with Crippen LogP contribution in [0.25, 0.3) is 11.3 Å². The highest BCUT2D eigenvalue weighted by molar-refractivity contribution is 7.97. The van der Waals surface area contributed by atoms with Gasteiger partial charge in [0.1, 0.15) is 0 Å². The van der Waals surface area contributed by atoms with Gasteiger partial charge in [0.15, 0.2) is 5.82 Å². The van der Waals surface area contributed by atoms with E-state index in [4.69, 9.17) is 4.52 Å². The lowest BCUT2D eigenvalue weighted by molar-refractivity contribution is 0.0946. The summed E-state index contributed by atoms with van der Waals surface area (Å²) in [4.78, 5) is 21.2. The van der Waals surface area contributed by atoms with Gasteiger partial charge in [-0.3, -0.25) is 9.78 Å². The summed E-state index contributed by atoms with van der Waals surface area (Å²) in [6.45, 7) is 4.19. The van der Waals surface area contributed by atoms with E-state index in [2.05, 4.69) is 20.4 Å². The van der Waals surface area contributed by atoms with Gasteiger partial charge in [-0.15, -0.1) is 0 Å². The Balaban J connectivity index is 1.71. The van der Waals surface area contributed by atoms with E-state index in [1.807, 2.05) is 50.4 Å². The quantitative estimate of drug-likeness (QED) is 0.717. The number of nitrogens with zero attached hydrogens (tertiary/aromatic N) is 3. The standard InChI is InChI=1S/C19H20N4O2S/c1-12-7-13(2)21-16(8-12)14-5-4-6-15(9-14)19(24)20-10-18-22-17(11-26-3)23-25-18/h4-9H,10-11H2,1-3H3,(H,20,24). The Kier molecular flexibility index (Phi) is 5.68. The molecule has 3 rings (SSSR count). The lowest BCUT2D eigenvalue weighted by atomic mass is 10.1. The fourth-order valence-electron chi connectivity index (χ4n) is 2.62. The predicted molar refractivity (Wildman–Crippen MR) is 102 cm³/mol. The lowest BCUT2D eigenvalue weighted by Crippen LogP contribution is -2.23. The number of carbonyl (C=O) groups is 1. The molecule has 0 saturated heterocycles. The molecular weight excluding hydrogens is 348 g/mol. The predicted octanol–water partition coefficient (Wildman–Crippen LogP) is 3.54. The van der Waals surface area contributed by atoms with Gasteiger partial charge >= 0.3 is 0 Å². The summed E-state index contributed by atoms with van der Waals surface area (Å²) in [7, 11) is 0. The zero-order valence-electron chi connectivity index (χ0n) is 14.9. The summed E-state index contributed by atoms with van der Waals surface area (Å²) in [6.07, 6.45) is 1.97. The fraction of sp³-hybridized carbons (Fsp3) is 0.263. The maximum Gasteiger partial charge on any atom is 0.251 e. The second-order valence-electron chi connectivity index (χ2n) is 5.97. The van der Waals surface area contributed by atoms with Crippen LogP contribution in [0.2, 0.25) is 0 Å². The molecule has 6 nitrogen and oxygen atoms in total. The molecule has 0 bridgehead atoms. The Morgan fingerprint density at radius 2 is 2.04 bits per heavy atom. The summed E-state index contributed by atoms with van der Waals surface area (Å²) >= 11 is 1.61. The van der Waals surface area contributed by atoms with Crippen LogP contribution in [-0.4, -0.2) is 27.3 Å². The SMILES string of the molecule is CSCc1noc(CNC(=O)c2cccc(-c3cc(C)cc(C)n3)c2)n1. The molecule has 26 heavy (non-hydrogen) atoms. The first-order chi connectivity index (χ1) is 12.5. The van der Waals surface area contributed by atoms with Crippen molar-refractivity contribution in [1.82, 2.24) is 20.4 Å². The van der Waals surface area contributed by atoms with Crippen LogP contribution in [0.5, 0.6) is 0 Å². The van der Waals surface area contributed by atoms with Crippen molar-refractivity contribution in [1.29, 1.82) is 0 Å². The maximum atomic E-state index is 12.4. The van der Waals surface area contributed by atoms with Crippen molar-refractivity contribution in [3.8, 4) is 11.3 Å². The van der Waals surface area contributed by atoms with Gasteiger partial charge in [0.05, 0.1) is 18.0 Å². The van der Waals surface area contributed by atoms with Crippen LogP contribution in [-0.2, 0) is 12.3 Å². The highest BCUT2D eigenvalue weighted by Crippen LogP contribution is 2.20. The molecule has 0 spiro atoms. The lowest BCUT2D eigenvalue weighted by Gasteiger charge is -2.07. The highest BCUT2D eigenvalue weighted by Gasteiger charge is 2.11. The van der Waals surface area contributed by atoms with E-state index in [0.29, 0.717) is 23.0 Å². The molecule has 3 aromatic rings. The largest absolute Gasteiger partial charge is 0.343 e. The number of thioether (sulfide) groups is 1. The van der Waals surface area contributed by atoms with Gasteiger partial charge < -0.3 is 9.84 Å². The molecule has 1 amide bonds. The van der Waals surface area contributed by atoms with E-state index >= 15 is 0 Å². The Labute approximate surface area is 156 Å². The van der Waals surface area contributed by atoms with Gasteiger partial charge in [-0.25, -0.2) is 0 Å². The second-order valence-corrected chi connectivity index (χ2v) is 6.84. The van der Waals surface area contributed by atoms with Crippen LogP contribution >= 0.6 is 11.8 Å². The zero-order valence-corrected chi connectivity index (χ0v) is 15.8. The van der Waals surface area contributed by atoms with E-state index in [1.165, 1.54) is 0 Å². The minimum Gasteiger partial charge on any atom is -0.343 e. The molecule has 0 unspecified atom stereocenters. The fourth-order valence-corrected chi connectivity index (χ4v) is 2.99. The van der Waals surface area contributed by atoms with Crippen molar-refractivity contribution in [2.24, 2.45) is 0 Å². The summed E-state index contributed by atoms with van der Waals surface area (Å²) in [5.74, 6) is 1.52. The average Bonchev–Trinajstić information content (AvgIpc) is 3.07. The third-order valence-corrected chi connectivity index (χ3v) is 4.25. The highest BCUT2D eigenvalue weighted by atomic mass is 32.2. The van der Waals surface area contributed by atoms with Crippen molar-refractivity contribution in [3.05, 3.63) is 64.9 Å². The van der Waals surface area contributed by atoms with Crippen molar-refractivity contribution < 1.29 is 9.32 Å². The molecular formula is C19H20N4O2S. The summed E-state index contributed by atoms with van der Waals surface area (Å²) in [6, 6.07) is 11.4. The van der Waals surface area contributed by atoms with E-state index in [1.54, 1.807) is 17.8 Å². The number of hydrogen-bond donors (Lipinski definition) is 1. The Hall–Kier alpha value is -2.67. The third-order valence-electron chi connectivity index (χ3n) is 3.70. The van der Waals surface area contributed by atoms with Gasteiger partial charge in [0.25, 0.3) is 5.91 Å². The number of carbonyl (C=O) groups excluding carboxylic acids is 1. The van der Waals surface area contributed by atoms with Crippen molar-refractivity contribution in [3.63, 3.8) is 0 Å². The van der Waals surface area contributed by atoms with Crippen LogP contribution < -0.4 is 5.32 Å². The summed E-state index contributed by atoms with van der Waals surface area (Å²) in [5, 5.41) is 6.67. The van der Waals surface area contributed by atoms with Gasteiger partial charge in [0.2, 0.25) is 5.89 Å². The Bertz CT molecular complexity index is 903. The van der Waals surface area contributed by atoms with Crippen molar-refractivity contribution in [2.45, 2.75) is 26.1 Å². The molecule has 0 aliphatic rings. The van der Waals surface area contributed by atoms with E-state index in [9.17, 15) is 4.79 Å². The first-order valence-electron chi connectivity index (χ1n) is 8.19. The minimum absolute atomic E-state index is 0.194. The maximum absolute atomic E-state index is 12.4. The molecule has 0 atom stereocenters. The monoisotopic (exact) mass is 368 g/mol. The number of aromatic nitrogens is 3. The van der Waals surface area contributed by atoms with Gasteiger partial charge in [-0.05, 0) is 49.9 Å². The first-order valence-corrected chi connectivity index (χ1v) is 9.59. The molecule has 0 aliphatic carbocycles. The molecule has 1 aromatic carbocycles. The number of hydrogen-bond acceptors (Lipinski definition) is 6. The van der Waals surface area contributed by atoms with Crippen molar-refractivity contribution >= 4 is 17.7 Å². The minimum atomic E-state index is -0.194. The number of rotatable bonds is 6. The van der Waals surface area contributed by atoms with E-state index in [0.717, 1.165) is 22.5 Å². The van der Waals surface area contributed by atoms with Gasteiger partial charge in [-0.2, -0.15) is 16.7 Å². The topological polar surface area (TPSA) is 80.9 Å². The smallest absolute Gasteiger partial charge is 0.251 e. The molecule has 0 aliphatic heterocycles. The molecule has 2 heterocycles. The molecule has 2 aromatic heterocycles. The van der Waals surface area contributed by atoms with Crippen LogP contribution in [0, 0.1) is 13.8 Å². The molecule has 1 N–H and O–H groups in total. The Morgan fingerprint density at radius 3 is 2.81 bits per heavy atom. The zero-order chi connectivity index (χ0) is 18.5. The van der Waals surface area contributed by atoms with Gasteiger partial charge in [0, 0.05) is 16.8 Å². The summed E-state index contributed by atoms with van der Waals surface area (Å²) < 4.78 is 5.12. The first kappa shape index (κ1) is 18.1. The van der Waals surface area contributed by atoms with Crippen molar-refractivity contribution in [2.75, 3.05) is 6.26 Å². The number of pyridine rings is 1. The molecule has 0 fully saturated rings. The number of amides is 1.